The molecule has 2 aliphatic rings. The minimum atomic E-state index is 0.112. The smallest absolute Gasteiger partial charge is 0.224 e. The van der Waals surface area contributed by atoms with Gasteiger partial charge in [0.2, 0.25) is 5.91 Å². The van der Waals surface area contributed by atoms with Crippen LogP contribution >= 0.6 is 0 Å². The van der Waals surface area contributed by atoms with Crippen LogP contribution in [0.25, 0.3) is 0 Å². The van der Waals surface area contributed by atoms with E-state index in [1.165, 1.54) is 32.1 Å². The maximum absolute atomic E-state index is 12.2. The lowest BCUT2D eigenvalue weighted by molar-refractivity contribution is -0.131. The maximum Gasteiger partial charge on any atom is 0.224 e. The summed E-state index contributed by atoms with van der Waals surface area (Å²) in [5, 5.41) is 0. The Morgan fingerprint density at radius 2 is 2.06 bits per heavy atom. The summed E-state index contributed by atoms with van der Waals surface area (Å²) >= 11 is 0. The highest BCUT2D eigenvalue weighted by molar-refractivity contribution is 5.77. The Balaban J connectivity index is 1.84. The number of carbonyl (C=O) groups is 1. The Kier molecular flexibility index (Phi) is 3.76. The molecule has 2 fully saturated rings. The lowest BCUT2D eigenvalue weighted by Gasteiger charge is -2.26. The van der Waals surface area contributed by atoms with Gasteiger partial charge in [-0.3, -0.25) is 4.79 Å². The van der Waals surface area contributed by atoms with Crippen molar-refractivity contribution in [1.82, 2.24) is 4.90 Å². The molecule has 0 aromatic heterocycles. The first-order valence-corrected chi connectivity index (χ1v) is 7.13. The molecule has 1 atom stereocenters. The predicted molar refractivity (Wildman–Crippen MR) is 69.5 cm³/mol. The molecule has 3 heteroatoms. The minimum absolute atomic E-state index is 0.112. The van der Waals surface area contributed by atoms with Gasteiger partial charge in [0, 0.05) is 25.6 Å². The van der Waals surface area contributed by atoms with Crippen LogP contribution in [0.3, 0.4) is 0 Å². The summed E-state index contributed by atoms with van der Waals surface area (Å²) in [6.07, 6.45) is 6.55. The summed E-state index contributed by atoms with van der Waals surface area (Å²) in [5.74, 6) is 0.914. The quantitative estimate of drug-likeness (QED) is 0.797. The zero-order valence-corrected chi connectivity index (χ0v) is 11.2. The van der Waals surface area contributed by atoms with Crippen LogP contribution in [0.1, 0.15) is 52.4 Å². The second-order valence-electron chi connectivity index (χ2n) is 5.98. The molecule has 0 aromatic rings. The van der Waals surface area contributed by atoms with Crippen molar-refractivity contribution < 1.29 is 4.79 Å². The van der Waals surface area contributed by atoms with E-state index < -0.39 is 0 Å². The average Bonchev–Trinajstić information content (AvgIpc) is 3.09. The van der Waals surface area contributed by atoms with Crippen molar-refractivity contribution >= 4 is 5.91 Å². The molecule has 0 radical (unpaired) electrons. The van der Waals surface area contributed by atoms with Crippen molar-refractivity contribution in [3.8, 4) is 0 Å². The molecule has 0 spiro atoms. The minimum Gasteiger partial charge on any atom is -0.342 e. The highest BCUT2D eigenvalue weighted by atomic mass is 16.2. The van der Waals surface area contributed by atoms with Gasteiger partial charge in [0.25, 0.3) is 0 Å². The molecule has 2 N–H and O–H groups in total. The van der Waals surface area contributed by atoms with Gasteiger partial charge < -0.3 is 10.6 Å². The standard InChI is InChI=1S/C14H26N2O/c1-3-14(4-2)7-8-16(10-14)13(17)9-12(15)11-5-6-11/h11-12H,3-10,15H2,1-2H3. The van der Waals surface area contributed by atoms with Crippen LogP contribution in [0.2, 0.25) is 0 Å². The second kappa shape index (κ2) is 4.97. The number of hydrogen-bond acceptors (Lipinski definition) is 2. The predicted octanol–water partition coefficient (Wildman–Crippen LogP) is 2.15. The number of carbonyl (C=O) groups excluding carboxylic acids is 1. The topological polar surface area (TPSA) is 46.3 Å². The monoisotopic (exact) mass is 238 g/mol. The molecular weight excluding hydrogens is 212 g/mol. The fraction of sp³-hybridized carbons (Fsp3) is 0.929. The summed E-state index contributed by atoms with van der Waals surface area (Å²) < 4.78 is 0. The first-order chi connectivity index (χ1) is 8.10. The molecule has 0 bridgehead atoms. The third-order valence-electron chi connectivity index (χ3n) is 4.93. The molecule has 1 aliphatic carbocycles. The van der Waals surface area contributed by atoms with E-state index >= 15 is 0 Å². The first kappa shape index (κ1) is 12.9. The molecule has 3 nitrogen and oxygen atoms in total. The van der Waals surface area contributed by atoms with E-state index in [1.54, 1.807) is 0 Å². The lowest BCUT2D eigenvalue weighted by Crippen LogP contribution is -2.36. The molecule has 17 heavy (non-hydrogen) atoms. The fourth-order valence-corrected chi connectivity index (χ4v) is 3.00. The van der Waals surface area contributed by atoms with Crippen LogP contribution in [0, 0.1) is 11.3 Å². The van der Waals surface area contributed by atoms with Crippen molar-refractivity contribution in [3.05, 3.63) is 0 Å². The second-order valence-corrected chi connectivity index (χ2v) is 5.98. The van der Waals surface area contributed by atoms with Gasteiger partial charge in [-0.15, -0.1) is 0 Å². The Hall–Kier alpha value is -0.570. The number of nitrogens with two attached hydrogens (primary N) is 1. The van der Waals surface area contributed by atoms with Crippen LogP contribution in [-0.2, 0) is 4.79 Å². The number of rotatable bonds is 5. The zero-order chi connectivity index (χ0) is 12.5. The van der Waals surface area contributed by atoms with Gasteiger partial charge in [-0.1, -0.05) is 13.8 Å². The van der Waals surface area contributed by atoms with Crippen molar-refractivity contribution in [3.63, 3.8) is 0 Å². The van der Waals surface area contributed by atoms with E-state index in [1.807, 2.05) is 0 Å². The van der Waals surface area contributed by atoms with E-state index in [0.717, 1.165) is 13.1 Å². The molecule has 1 saturated heterocycles. The van der Waals surface area contributed by atoms with Crippen LogP contribution in [0.15, 0.2) is 0 Å². The Bertz CT molecular complexity index is 282. The molecule has 1 aliphatic heterocycles. The molecular formula is C14H26N2O. The van der Waals surface area contributed by atoms with Gasteiger partial charge >= 0.3 is 0 Å². The van der Waals surface area contributed by atoms with Crippen LogP contribution in [-0.4, -0.2) is 29.9 Å². The SMILES string of the molecule is CCC1(CC)CCN(C(=O)CC(N)C2CC2)C1. The van der Waals surface area contributed by atoms with Gasteiger partial charge in [-0.2, -0.15) is 0 Å². The summed E-state index contributed by atoms with van der Waals surface area (Å²) in [6, 6.07) is 0.112. The Labute approximate surface area is 105 Å². The summed E-state index contributed by atoms with van der Waals surface area (Å²) in [4.78, 5) is 14.2. The number of hydrogen-bond donors (Lipinski definition) is 1. The molecule has 2 rings (SSSR count). The Morgan fingerprint density at radius 3 is 2.53 bits per heavy atom. The third kappa shape index (κ3) is 2.82. The summed E-state index contributed by atoms with van der Waals surface area (Å²) in [5.41, 5.74) is 6.42. The number of amides is 1. The summed E-state index contributed by atoms with van der Waals surface area (Å²) in [6.45, 7) is 6.38. The number of likely N-dealkylation sites (tertiary alicyclic amines) is 1. The van der Waals surface area contributed by atoms with Gasteiger partial charge in [-0.05, 0) is 43.4 Å². The van der Waals surface area contributed by atoms with Crippen LogP contribution < -0.4 is 5.73 Å². The van der Waals surface area contributed by atoms with Crippen LogP contribution in [0.4, 0.5) is 0 Å². The van der Waals surface area contributed by atoms with Crippen molar-refractivity contribution in [1.29, 1.82) is 0 Å². The molecule has 1 heterocycles. The highest BCUT2D eigenvalue weighted by Crippen LogP contribution is 2.38. The first-order valence-electron chi connectivity index (χ1n) is 7.13. The molecule has 1 amide bonds. The van der Waals surface area contributed by atoms with E-state index in [2.05, 4.69) is 18.7 Å². The van der Waals surface area contributed by atoms with Crippen molar-refractivity contribution in [2.24, 2.45) is 17.1 Å². The van der Waals surface area contributed by atoms with Crippen molar-refractivity contribution in [2.45, 2.75) is 58.4 Å². The average molecular weight is 238 g/mol. The normalized spacial score (nSPS) is 25.0. The van der Waals surface area contributed by atoms with Crippen molar-refractivity contribution in [2.75, 3.05) is 13.1 Å². The zero-order valence-electron chi connectivity index (χ0n) is 11.2. The van der Waals surface area contributed by atoms with Crippen LogP contribution in [0.5, 0.6) is 0 Å². The summed E-state index contributed by atoms with van der Waals surface area (Å²) in [7, 11) is 0. The highest BCUT2D eigenvalue weighted by Gasteiger charge is 2.38. The molecule has 0 aromatic carbocycles. The van der Waals surface area contributed by atoms with Gasteiger partial charge in [-0.25, -0.2) is 0 Å². The fourth-order valence-electron chi connectivity index (χ4n) is 3.00. The van der Waals surface area contributed by atoms with E-state index in [-0.39, 0.29) is 11.9 Å². The van der Waals surface area contributed by atoms with Gasteiger partial charge in [0.05, 0.1) is 0 Å². The largest absolute Gasteiger partial charge is 0.342 e. The number of nitrogens with zero attached hydrogens (tertiary/aromatic N) is 1. The van der Waals surface area contributed by atoms with E-state index in [9.17, 15) is 4.79 Å². The van der Waals surface area contributed by atoms with E-state index in [0.29, 0.717) is 17.8 Å². The third-order valence-corrected chi connectivity index (χ3v) is 4.93. The maximum atomic E-state index is 12.2. The lowest BCUT2D eigenvalue weighted by atomic mass is 9.82. The van der Waals surface area contributed by atoms with Gasteiger partial charge in [0.15, 0.2) is 0 Å². The van der Waals surface area contributed by atoms with E-state index in [4.69, 9.17) is 5.73 Å². The Morgan fingerprint density at radius 1 is 1.41 bits per heavy atom. The van der Waals surface area contributed by atoms with Gasteiger partial charge in [0.1, 0.15) is 0 Å². The molecule has 98 valence electrons. The molecule has 1 saturated carbocycles. The molecule has 1 unspecified atom stereocenters.